The summed E-state index contributed by atoms with van der Waals surface area (Å²) in [6.07, 6.45) is -9.52. The van der Waals surface area contributed by atoms with Gasteiger partial charge in [0.15, 0.2) is 32.7 Å². The fraction of sp³-hybridized carbons (Fsp3) is 0.661. The predicted molar refractivity (Wildman–Crippen MR) is 321 cm³/mol. The molecule has 3 fully saturated rings. The van der Waals surface area contributed by atoms with Crippen LogP contribution in [0.15, 0.2) is 76.0 Å². The largest absolute Gasteiger partial charge is 0.463 e. The zero-order valence-corrected chi connectivity index (χ0v) is 54.5. The van der Waals surface area contributed by atoms with Gasteiger partial charge in [-0.15, -0.1) is 23.5 Å². The second kappa shape index (κ2) is 38.0. The van der Waals surface area contributed by atoms with Crippen LogP contribution in [-0.4, -0.2) is 172 Å². The van der Waals surface area contributed by atoms with Gasteiger partial charge in [0.25, 0.3) is 0 Å². The zero-order valence-electron chi connectivity index (χ0n) is 51.9. The Hall–Kier alpha value is -6.66. The van der Waals surface area contributed by atoms with Crippen LogP contribution in [-0.2, 0) is 108 Å². The maximum Gasteiger partial charge on any atom is 0.304 e. The Morgan fingerprint density at radius 2 is 0.841 bits per heavy atom. The lowest BCUT2D eigenvalue weighted by Gasteiger charge is -2.46. The molecule has 3 aliphatic rings. The Bertz CT molecular complexity index is 2740. The first kappa shape index (κ1) is 75.6. The highest BCUT2D eigenvalue weighted by molar-refractivity contribution is 8.00. The highest BCUT2D eigenvalue weighted by atomic mass is 32.2. The fourth-order valence-corrected chi connectivity index (χ4v) is 11.6. The van der Waals surface area contributed by atoms with Crippen LogP contribution in [0.5, 0.6) is 0 Å². The second-order valence-electron chi connectivity index (χ2n) is 21.2. The minimum Gasteiger partial charge on any atom is -0.463 e. The van der Waals surface area contributed by atoms with Gasteiger partial charge < -0.3 is 61.3 Å². The minimum atomic E-state index is -2.04. The van der Waals surface area contributed by atoms with Crippen LogP contribution < -0.4 is 0 Å². The van der Waals surface area contributed by atoms with Crippen molar-refractivity contribution in [2.24, 2.45) is 15.3 Å². The van der Waals surface area contributed by atoms with Gasteiger partial charge in [-0.05, 0) is 57.4 Å². The van der Waals surface area contributed by atoms with E-state index in [0.717, 1.165) is 44.6 Å². The van der Waals surface area contributed by atoms with Crippen molar-refractivity contribution in [2.75, 3.05) is 31.3 Å². The van der Waals surface area contributed by atoms with Crippen LogP contribution in [0.25, 0.3) is 31.3 Å². The average Bonchev–Trinajstić information content (AvgIpc) is 1.24. The van der Waals surface area contributed by atoms with Crippen LogP contribution in [0, 0.1) is 0 Å². The number of carbonyl (C=O) groups is 7. The number of nitrogens with zero attached hydrogens (tertiary/aromatic N) is 9. The lowest BCUT2D eigenvalue weighted by molar-refractivity contribution is -0.267. The third-order valence-electron chi connectivity index (χ3n) is 13.4. The van der Waals surface area contributed by atoms with E-state index in [-0.39, 0.29) is 29.8 Å². The zero-order chi connectivity index (χ0) is 65.7. The first-order valence-electron chi connectivity index (χ1n) is 28.0. The Balaban J connectivity index is 0.000000356. The maximum atomic E-state index is 11.5. The SMILES string of the molecule is CC(=O)OCC1O[C@H](OC(C)=O)C(N=[N+]=[N-])[C@@H](OC(C)=O)[C@@H]1OC(C)=O.CCS[C@@H]1OC(COC(C)=O)[C@@H](OC(C)=O)[C@H](OC(C)=O)C1N=[N+]=[N-].CCS[C@@H]1OC(CO[Si](C)(C)C(C)(C)C)[C@@H](OCc2ccccc2)[C@@H](OCc2ccccc2)C1N=[N+]=[N-]. The van der Waals surface area contributed by atoms with E-state index in [1.807, 2.05) is 67.6 Å². The molecule has 15 atom stereocenters. The summed E-state index contributed by atoms with van der Waals surface area (Å²) in [7, 11) is -2.04. The van der Waals surface area contributed by atoms with Gasteiger partial charge in [0.2, 0.25) is 6.29 Å². The molecule has 0 spiro atoms. The van der Waals surface area contributed by atoms with Gasteiger partial charge in [-0.1, -0.05) is 111 Å². The third-order valence-corrected chi connectivity index (χ3v) is 20.0. The summed E-state index contributed by atoms with van der Waals surface area (Å²) in [5, 5.41) is 11.3. The summed E-state index contributed by atoms with van der Waals surface area (Å²) in [5.74, 6) is -3.26. The van der Waals surface area contributed by atoms with Gasteiger partial charge >= 0.3 is 41.8 Å². The maximum absolute atomic E-state index is 11.5. The Labute approximate surface area is 520 Å². The summed E-state index contributed by atoms with van der Waals surface area (Å²) >= 11 is 2.95. The molecular weight excluding hydrogens is 1210 g/mol. The van der Waals surface area contributed by atoms with E-state index in [2.05, 4.69) is 70.9 Å². The lowest BCUT2D eigenvalue weighted by atomic mass is 9.97. The molecule has 2 aromatic rings. The van der Waals surface area contributed by atoms with E-state index < -0.39 is 129 Å². The Kier molecular flexibility index (Phi) is 32.7. The van der Waals surface area contributed by atoms with Crippen LogP contribution in [0.1, 0.15) is 94.2 Å². The normalized spacial score (nSPS) is 26.5. The molecule has 0 N–H and O–H groups in total. The molecule has 5 rings (SSSR count). The highest BCUT2D eigenvalue weighted by Gasteiger charge is 2.53. The molecule has 0 saturated carbocycles. The number of hydrogen-bond donors (Lipinski definition) is 0. The molecule has 486 valence electrons. The summed E-state index contributed by atoms with van der Waals surface area (Å²) in [4.78, 5) is 87.9. The van der Waals surface area contributed by atoms with E-state index in [4.69, 9.17) is 72.3 Å². The molecule has 0 radical (unpaired) electrons. The molecule has 6 unspecified atom stereocenters. The highest BCUT2D eigenvalue weighted by Crippen LogP contribution is 2.40. The standard InChI is InChI=1S/C28H41N3O4SSi.C14H19N3O9.C14H21N3O7S/c1-7-36-27-24(30-31-29)26(33-19-22-16-12-9-13-17-22)25(32-18-21-14-10-8-11-15-21)23(35-27)20-34-37(5,6)28(2,3)4;1-6(18)22-5-10-12(23-7(2)19)13(24-8(3)20)11(16-17-15)14(26-10)25-9(4)21;1-5-25-14-11(16-17-15)13(23-9(4)20)12(22-8(3)19)10(24-14)6-21-7(2)18/h8-17,23-27H,7,18-20H2,1-6H3;10-14H,5H2,1-4H3;10-14H,5-6H2,1-4H3/t23?,24?,25-,26+,27+;2*10?,11?,12-,13-,14+/m111/s1. The van der Waals surface area contributed by atoms with Gasteiger partial charge in [-0.2, -0.15) is 0 Å². The van der Waals surface area contributed by atoms with Crippen LogP contribution >= 0.6 is 23.5 Å². The smallest absolute Gasteiger partial charge is 0.304 e. The number of ether oxygens (including phenoxy) is 12. The molecule has 32 heteroatoms. The molecule has 3 aliphatic heterocycles. The minimum absolute atomic E-state index is 0.0659. The first-order valence-corrected chi connectivity index (χ1v) is 33.0. The van der Waals surface area contributed by atoms with Crippen molar-refractivity contribution in [3.8, 4) is 0 Å². The third kappa shape index (κ3) is 25.1. The monoisotopic (exact) mass is 1290 g/mol. The summed E-state index contributed by atoms with van der Waals surface area (Å²) < 4.78 is 73.1. The summed E-state index contributed by atoms with van der Waals surface area (Å²) in [6.45, 7) is 23.7. The van der Waals surface area contributed by atoms with Gasteiger partial charge in [0.1, 0.15) is 66.6 Å². The van der Waals surface area contributed by atoms with Gasteiger partial charge in [-0.25, -0.2) is 0 Å². The average molecular weight is 1290 g/mol. The van der Waals surface area contributed by atoms with E-state index in [0.29, 0.717) is 25.6 Å². The van der Waals surface area contributed by atoms with Crippen LogP contribution in [0.3, 0.4) is 0 Å². The Morgan fingerprint density at radius 3 is 1.22 bits per heavy atom. The predicted octanol–water partition coefficient (Wildman–Crippen LogP) is 9.29. The van der Waals surface area contributed by atoms with Crippen LogP contribution in [0.2, 0.25) is 18.1 Å². The molecule has 0 bridgehead atoms. The number of azide groups is 3. The van der Waals surface area contributed by atoms with Crippen molar-refractivity contribution in [2.45, 2.75) is 205 Å². The van der Waals surface area contributed by atoms with Crippen molar-refractivity contribution < 1.29 is 94.8 Å². The first-order chi connectivity index (χ1) is 41.6. The number of esters is 7. The Morgan fingerprint density at radius 1 is 0.489 bits per heavy atom. The number of carbonyl (C=O) groups excluding carboxylic acids is 7. The van der Waals surface area contributed by atoms with Crippen molar-refractivity contribution in [3.63, 3.8) is 0 Å². The molecule has 0 aromatic heterocycles. The molecule has 88 heavy (non-hydrogen) atoms. The summed E-state index contributed by atoms with van der Waals surface area (Å²) in [5.41, 5.74) is 28.2. The van der Waals surface area contributed by atoms with Crippen molar-refractivity contribution in [3.05, 3.63) is 103 Å². The van der Waals surface area contributed by atoms with Crippen molar-refractivity contribution in [1.29, 1.82) is 0 Å². The number of benzene rings is 2. The topological polar surface area (TPSA) is 386 Å². The van der Waals surface area contributed by atoms with Gasteiger partial charge in [-0.3, -0.25) is 33.6 Å². The van der Waals surface area contributed by atoms with E-state index in [9.17, 15) is 39.1 Å². The van der Waals surface area contributed by atoms with Crippen molar-refractivity contribution in [1.82, 2.24) is 0 Å². The number of thioether (sulfide) groups is 2. The quantitative estimate of drug-likeness (QED) is 0.0223. The van der Waals surface area contributed by atoms with E-state index in [1.165, 1.54) is 32.5 Å². The van der Waals surface area contributed by atoms with Gasteiger partial charge in [0, 0.05) is 63.2 Å². The van der Waals surface area contributed by atoms with Crippen LogP contribution in [0.4, 0.5) is 0 Å². The molecular formula is C56H81N9O20S2Si. The molecule has 3 saturated heterocycles. The van der Waals surface area contributed by atoms with Crippen molar-refractivity contribution >= 4 is 73.6 Å². The van der Waals surface area contributed by atoms with Gasteiger partial charge in [0.05, 0.1) is 25.9 Å². The van der Waals surface area contributed by atoms with E-state index >= 15 is 0 Å². The summed E-state index contributed by atoms with van der Waals surface area (Å²) in [6, 6.07) is 17.3. The lowest BCUT2D eigenvalue weighted by Crippen LogP contribution is -2.61. The molecule has 0 aliphatic carbocycles. The number of rotatable bonds is 25. The number of hydrogen-bond acceptors (Lipinski definition) is 25. The van der Waals surface area contributed by atoms with E-state index in [1.54, 1.807) is 11.8 Å². The fourth-order valence-electron chi connectivity index (χ4n) is 8.64. The molecule has 0 amide bonds. The molecule has 3 heterocycles. The molecule has 29 nitrogen and oxygen atoms in total. The molecule has 2 aromatic carbocycles. The second-order valence-corrected chi connectivity index (χ2v) is 28.8.